The van der Waals surface area contributed by atoms with Gasteiger partial charge in [-0.05, 0) is 42.2 Å². The summed E-state index contributed by atoms with van der Waals surface area (Å²) < 4.78 is 7.00. The van der Waals surface area contributed by atoms with Gasteiger partial charge in [0.25, 0.3) is 5.91 Å². The van der Waals surface area contributed by atoms with E-state index >= 15 is 0 Å². The number of hydrogen-bond acceptors (Lipinski definition) is 6. The number of carbonyl (C=O) groups is 1. The first-order valence-corrected chi connectivity index (χ1v) is 8.55. The number of rotatable bonds is 7. The molecule has 1 aromatic carbocycles. The Morgan fingerprint density at radius 2 is 1.89 bits per heavy atom. The van der Waals surface area contributed by atoms with Crippen LogP contribution in [0.2, 0.25) is 0 Å². The molecular weight excluding hydrogens is 344 g/mol. The van der Waals surface area contributed by atoms with Gasteiger partial charge in [-0.2, -0.15) is 5.10 Å². The summed E-state index contributed by atoms with van der Waals surface area (Å²) in [4.78, 5) is 20.6. The molecule has 3 rings (SSSR count). The second-order valence-electron chi connectivity index (χ2n) is 6.06. The van der Waals surface area contributed by atoms with Crippen LogP contribution in [0, 0.1) is 0 Å². The highest BCUT2D eigenvalue weighted by atomic mass is 16.5. The standard InChI is InChI=1S/C19H22N6O2/c1-20-18(26)15-8-13(9-16(10-15)27-3)4-5-14-11-21-19(22-12-14)23-17-6-7-25(2)24-17/h6-12H,4-5H2,1-3H3,(H,20,26)(H,21,22,23,24). The zero-order valence-corrected chi connectivity index (χ0v) is 15.6. The van der Waals surface area contributed by atoms with Crippen LogP contribution in [-0.4, -0.2) is 39.8 Å². The maximum Gasteiger partial charge on any atom is 0.251 e. The minimum atomic E-state index is -0.136. The zero-order chi connectivity index (χ0) is 19.2. The van der Waals surface area contributed by atoms with E-state index < -0.39 is 0 Å². The second-order valence-corrected chi connectivity index (χ2v) is 6.06. The molecule has 0 aliphatic rings. The van der Waals surface area contributed by atoms with Crippen molar-refractivity contribution in [3.05, 3.63) is 59.5 Å². The first kappa shape index (κ1) is 18.4. The van der Waals surface area contributed by atoms with E-state index in [2.05, 4.69) is 25.7 Å². The number of nitrogens with one attached hydrogen (secondary N) is 2. The summed E-state index contributed by atoms with van der Waals surface area (Å²) in [5.74, 6) is 1.73. The van der Waals surface area contributed by atoms with Crippen molar-refractivity contribution >= 4 is 17.7 Å². The first-order chi connectivity index (χ1) is 13.1. The Morgan fingerprint density at radius 3 is 2.52 bits per heavy atom. The van der Waals surface area contributed by atoms with Crippen molar-refractivity contribution < 1.29 is 9.53 Å². The summed E-state index contributed by atoms with van der Waals surface area (Å²) in [7, 11) is 5.05. The van der Waals surface area contributed by atoms with E-state index in [1.54, 1.807) is 37.3 Å². The predicted molar refractivity (Wildman–Crippen MR) is 102 cm³/mol. The SMILES string of the molecule is CNC(=O)c1cc(CCc2cnc(Nc3ccn(C)n3)nc2)cc(OC)c1. The molecule has 0 fully saturated rings. The van der Waals surface area contributed by atoms with Crippen LogP contribution in [0.25, 0.3) is 0 Å². The Bertz CT molecular complexity index is 920. The number of methoxy groups -OCH3 is 1. The number of hydrogen-bond donors (Lipinski definition) is 2. The van der Waals surface area contributed by atoms with Crippen molar-refractivity contribution in [1.82, 2.24) is 25.1 Å². The first-order valence-electron chi connectivity index (χ1n) is 8.55. The Morgan fingerprint density at radius 1 is 1.15 bits per heavy atom. The van der Waals surface area contributed by atoms with Gasteiger partial charge in [0.1, 0.15) is 5.75 Å². The average Bonchev–Trinajstić information content (AvgIpc) is 3.11. The fourth-order valence-corrected chi connectivity index (χ4v) is 2.63. The molecule has 0 bridgehead atoms. The van der Waals surface area contributed by atoms with Gasteiger partial charge >= 0.3 is 0 Å². The van der Waals surface area contributed by atoms with Crippen molar-refractivity contribution in [3.8, 4) is 5.75 Å². The molecule has 0 unspecified atom stereocenters. The molecule has 0 radical (unpaired) electrons. The molecular formula is C19H22N6O2. The summed E-state index contributed by atoms with van der Waals surface area (Å²) in [6, 6.07) is 7.39. The predicted octanol–water partition coefficient (Wildman–Crippen LogP) is 2.11. The van der Waals surface area contributed by atoms with Crippen LogP contribution in [0.15, 0.2) is 42.9 Å². The normalized spacial score (nSPS) is 10.5. The number of aromatic nitrogens is 4. The number of ether oxygens (including phenoxy) is 1. The smallest absolute Gasteiger partial charge is 0.251 e. The Hall–Kier alpha value is -3.42. The van der Waals surface area contributed by atoms with Gasteiger partial charge in [-0.3, -0.25) is 9.48 Å². The molecule has 0 saturated carbocycles. The van der Waals surface area contributed by atoms with E-state index in [1.807, 2.05) is 31.4 Å². The van der Waals surface area contributed by atoms with Crippen LogP contribution >= 0.6 is 0 Å². The highest BCUT2D eigenvalue weighted by molar-refractivity contribution is 5.94. The van der Waals surface area contributed by atoms with E-state index in [0.717, 1.165) is 24.0 Å². The fraction of sp³-hybridized carbons (Fsp3) is 0.263. The summed E-state index contributed by atoms with van der Waals surface area (Å²) in [5, 5.41) is 9.92. The van der Waals surface area contributed by atoms with Crippen molar-refractivity contribution in [2.75, 3.05) is 19.5 Å². The van der Waals surface area contributed by atoms with E-state index in [9.17, 15) is 4.79 Å². The van der Waals surface area contributed by atoms with Crippen LogP contribution < -0.4 is 15.4 Å². The van der Waals surface area contributed by atoms with Crippen molar-refractivity contribution in [1.29, 1.82) is 0 Å². The van der Waals surface area contributed by atoms with E-state index in [4.69, 9.17) is 4.74 Å². The Kier molecular flexibility index (Phi) is 5.65. The van der Waals surface area contributed by atoms with E-state index in [-0.39, 0.29) is 5.91 Å². The van der Waals surface area contributed by atoms with Crippen LogP contribution in [0.3, 0.4) is 0 Å². The van der Waals surface area contributed by atoms with Crippen molar-refractivity contribution in [2.45, 2.75) is 12.8 Å². The molecule has 140 valence electrons. The van der Waals surface area contributed by atoms with Crippen LogP contribution in [0.1, 0.15) is 21.5 Å². The van der Waals surface area contributed by atoms with Crippen LogP contribution in [0.4, 0.5) is 11.8 Å². The number of aryl methyl sites for hydroxylation is 3. The number of carbonyl (C=O) groups excluding carboxylic acids is 1. The third kappa shape index (κ3) is 4.81. The number of benzene rings is 1. The zero-order valence-electron chi connectivity index (χ0n) is 15.6. The molecule has 1 amide bonds. The molecule has 0 atom stereocenters. The monoisotopic (exact) mass is 366 g/mol. The maximum atomic E-state index is 11.9. The molecule has 27 heavy (non-hydrogen) atoms. The fourth-order valence-electron chi connectivity index (χ4n) is 2.63. The molecule has 0 aliphatic carbocycles. The summed E-state index contributed by atoms with van der Waals surface area (Å²) in [6.45, 7) is 0. The van der Waals surface area contributed by atoms with Gasteiger partial charge in [0, 0.05) is 44.3 Å². The van der Waals surface area contributed by atoms with Gasteiger partial charge in [0.15, 0.2) is 5.82 Å². The summed E-state index contributed by atoms with van der Waals surface area (Å²) in [5.41, 5.74) is 2.60. The summed E-state index contributed by atoms with van der Waals surface area (Å²) >= 11 is 0. The number of amides is 1. The van der Waals surface area contributed by atoms with Gasteiger partial charge in [-0.25, -0.2) is 9.97 Å². The van der Waals surface area contributed by atoms with Crippen molar-refractivity contribution in [3.63, 3.8) is 0 Å². The molecule has 2 aromatic heterocycles. The summed E-state index contributed by atoms with van der Waals surface area (Å²) in [6.07, 6.45) is 6.93. The van der Waals surface area contributed by atoms with Gasteiger partial charge in [0.05, 0.1) is 7.11 Å². The van der Waals surface area contributed by atoms with E-state index in [0.29, 0.717) is 23.1 Å². The van der Waals surface area contributed by atoms with Crippen LogP contribution in [-0.2, 0) is 19.9 Å². The molecule has 0 spiro atoms. The largest absolute Gasteiger partial charge is 0.497 e. The van der Waals surface area contributed by atoms with Gasteiger partial charge in [-0.15, -0.1) is 0 Å². The third-order valence-corrected chi connectivity index (χ3v) is 4.05. The average molecular weight is 366 g/mol. The Balaban J connectivity index is 1.65. The third-order valence-electron chi connectivity index (χ3n) is 4.05. The van der Waals surface area contributed by atoms with Crippen LogP contribution in [0.5, 0.6) is 5.75 Å². The van der Waals surface area contributed by atoms with E-state index in [1.165, 1.54) is 0 Å². The molecule has 0 aliphatic heterocycles. The highest BCUT2D eigenvalue weighted by Gasteiger charge is 2.08. The van der Waals surface area contributed by atoms with Gasteiger partial charge in [-0.1, -0.05) is 0 Å². The molecule has 0 saturated heterocycles. The molecule has 3 aromatic rings. The molecule has 2 heterocycles. The maximum absolute atomic E-state index is 11.9. The lowest BCUT2D eigenvalue weighted by molar-refractivity contribution is 0.0962. The molecule has 2 N–H and O–H groups in total. The second kappa shape index (κ2) is 8.31. The Labute approximate surface area is 157 Å². The lowest BCUT2D eigenvalue weighted by Gasteiger charge is -2.09. The molecule has 8 heteroatoms. The number of nitrogens with zero attached hydrogens (tertiary/aromatic N) is 4. The quantitative estimate of drug-likeness (QED) is 0.665. The lowest BCUT2D eigenvalue weighted by atomic mass is 10.0. The highest BCUT2D eigenvalue weighted by Crippen LogP contribution is 2.19. The minimum absolute atomic E-state index is 0.136. The minimum Gasteiger partial charge on any atom is -0.497 e. The topological polar surface area (TPSA) is 94.0 Å². The van der Waals surface area contributed by atoms with Crippen molar-refractivity contribution in [2.24, 2.45) is 7.05 Å². The van der Waals surface area contributed by atoms with Gasteiger partial charge < -0.3 is 15.4 Å². The lowest BCUT2D eigenvalue weighted by Crippen LogP contribution is -2.18. The van der Waals surface area contributed by atoms with Gasteiger partial charge in [0.2, 0.25) is 5.95 Å². The number of anilines is 2. The molecule has 8 nitrogen and oxygen atoms in total.